The van der Waals surface area contributed by atoms with Crippen molar-refractivity contribution < 1.29 is 16.8 Å². The largest absolute Gasteiger partial charge is 0.242 e. The van der Waals surface area contributed by atoms with E-state index in [1.807, 2.05) is 30.3 Å². The van der Waals surface area contributed by atoms with E-state index in [1.165, 1.54) is 61.3 Å². The number of nitriles is 1. The molecule has 0 aliphatic heterocycles. The molecule has 0 unspecified atom stereocenters. The predicted molar refractivity (Wildman–Crippen MR) is 142 cm³/mol. The average Bonchev–Trinajstić information content (AvgIpc) is 3.32. The van der Waals surface area contributed by atoms with Crippen molar-refractivity contribution in [3.63, 3.8) is 0 Å². The van der Waals surface area contributed by atoms with Crippen LogP contribution in [0.5, 0.6) is 0 Å². The molecule has 188 valence electrons. The molecule has 0 N–H and O–H groups in total. The molecule has 0 amide bonds. The van der Waals surface area contributed by atoms with Gasteiger partial charge >= 0.3 is 0 Å². The van der Waals surface area contributed by atoms with Crippen molar-refractivity contribution >= 4 is 37.5 Å². The Morgan fingerprint density at radius 1 is 0.946 bits per heavy atom. The first-order valence-corrected chi connectivity index (χ1v) is 14.1. The van der Waals surface area contributed by atoms with Gasteiger partial charge in [0.25, 0.3) is 0 Å². The van der Waals surface area contributed by atoms with Crippen molar-refractivity contribution in [3.05, 3.63) is 101 Å². The lowest BCUT2D eigenvalue weighted by Gasteiger charge is -2.12. The molecule has 0 aliphatic carbocycles. The van der Waals surface area contributed by atoms with Crippen LogP contribution in [-0.4, -0.2) is 45.0 Å². The Hall–Kier alpha value is -3.75. The quantitative estimate of drug-likeness (QED) is 0.305. The number of aromatic nitrogens is 2. The summed E-state index contributed by atoms with van der Waals surface area (Å²) in [5.74, 6) is 0. The molecule has 1 aromatic heterocycles. The van der Waals surface area contributed by atoms with Crippen LogP contribution < -0.4 is 0 Å². The van der Waals surface area contributed by atoms with Gasteiger partial charge in [-0.05, 0) is 54.6 Å². The number of sulfonamides is 1. The van der Waals surface area contributed by atoms with Crippen LogP contribution in [0.25, 0.3) is 23.0 Å². The van der Waals surface area contributed by atoms with Gasteiger partial charge in [0.1, 0.15) is 16.7 Å². The summed E-state index contributed by atoms with van der Waals surface area (Å²) in [5, 5.41) is 14.8. The molecule has 0 radical (unpaired) electrons. The minimum Gasteiger partial charge on any atom is -0.240 e. The molecule has 8 nitrogen and oxygen atoms in total. The summed E-state index contributed by atoms with van der Waals surface area (Å²) in [6.07, 6.45) is 2.82. The SMILES string of the molecule is CN(C)S(=O)(=O)c1cccc(-c2nn(-c3ccccc3)cc2C=C(C#N)S(=O)(=O)c2ccc(Cl)cc2)c1. The van der Waals surface area contributed by atoms with Crippen LogP contribution in [0.15, 0.2) is 99.8 Å². The number of rotatable bonds is 7. The summed E-state index contributed by atoms with van der Waals surface area (Å²) in [4.78, 5) is -0.532. The van der Waals surface area contributed by atoms with Crippen LogP contribution in [0.3, 0.4) is 0 Å². The van der Waals surface area contributed by atoms with E-state index in [2.05, 4.69) is 5.10 Å². The van der Waals surface area contributed by atoms with Gasteiger partial charge in [0.05, 0.1) is 15.5 Å². The number of sulfone groups is 1. The van der Waals surface area contributed by atoms with Gasteiger partial charge in [-0.3, -0.25) is 0 Å². The van der Waals surface area contributed by atoms with Gasteiger partial charge in [-0.25, -0.2) is 25.8 Å². The van der Waals surface area contributed by atoms with E-state index in [1.54, 1.807) is 24.4 Å². The highest BCUT2D eigenvalue weighted by Crippen LogP contribution is 2.30. The summed E-state index contributed by atoms with van der Waals surface area (Å²) < 4.78 is 54.5. The Balaban J connectivity index is 1.92. The van der Waals surface area contributed by atoms with E-state index in [0.717, 1.165) is 4.31 Å². The van der Waals surface area contributed by atoms with Crippen LogP contribution in [0, 0.1) is 11.3 Å². The van der Waals surface area contributed by atoms with Gasteiger partial charge in [-0.1, -0.05) is 41.9 Å². The van der Waals surface area contributed by atoms with E-state index in [4.69, 9.17) is 11.6 Å². The molecule has 1 heterocycles. The Labute approximate surface area is 220 Å². The molecular formula is C26H21ClN4O4S2. The first-order chi connectivity index (χ1) is 17.5. The maximum atomic E-state index is 13.2. The first kappa shape index (κ1) is 26.3. The minimum absolute atomic E-state index is 0.0495. The zero-order chi connectivity index (χ0) is 26.8. The zero-order valence-corrected chi connectivity index (χ0v) is 22.2. The summed E-state index contributed by atoms with van der Waals surface area (Å²) in [7, 11) is -5.03. The monoisotopic (exact) mass is 552 g/mol. The van der Waals surface area contributed by atoms with Crippen LogP contribution in [0.2, 0.25) is 5.02 Å². The van der Waals surface area contributed by atoms with Crippen LogP contribution in [-0.2, 0) is 19.9 Å². The molecular weight excluding hydrogens is 532 g/mol. The molecule has 4 rings (SSSR count). The van der Waals surface area contributed by atoms with Crippen molar-refractivity contribution in [2.75, 3.05) is 14.1 Å². The normalized spacial score (nSPS) is 12.5. The Morgan fingerprint density at radius 3 is 2.24 bits per heavy atom. The molecule has 0 bridgehead atoms. The van der Waals surface area contributed by atoms with E-state index >= 15 is 0 Å². The van der Waals surface area contributed by atoms with Crippen molar-refractivity contribution in [2.45, 2.75) is 9.79 Å². The van der Waals surface area contributed by atoms with Gasteiger partial charge in [0, 0.05) is 36.4 Å². The van der Waals surface area contributed by atoms with E-state index in [9.17, 15) is 22.1 Å². The summed E-state index contributed by atoms with van der Waals surface area (Å²) in [5.41, 5.74) is 1.75. The van der Waals surface area contributed by atoms with Crippen molar-refractivity contribution in [1.29, 1.82) is 5.26 Å². The third kappa shape index (κ3) is 5.35. The number of para-hydroxylation sites is 1. The van der Waals surface area contributed by atoms with Gasteiger partial charge < -0.3 is 0 Å². The minimum atomic E-state index is -4.16. The van der Waals surface area contributed by atoms with E-state index in [-0.39, 0.29) is 9.79 Å². The standard InChI is InChI=1S/C26H21ClN4O4S2/c1-30(2)37(34,35)24-10-6-7-19(15-24)26-20(18-31(29-26)22-8-4-3-5-9-22)16-25(17-28)36(32,33)23-13-11-21(27)12-14-23/h3-16,18H,1-2H3. The van der Waals surface area contributed by atoms with Crippen LogP contribution in [0.4, 0.5) is 0 Å². The predicted octanol–water partition coefficient (Wildman–Crippen LogP) is 4.78. The maximum absolute atomic E-state index is 13.2. The number of nitrogens with zero attached hydrogens (tertiary/aromatic N) is 4. The number of hydrogen-bond donors (Lipinski definition) is 0. The molecule has 0 aliphatic rings. The summed E-state index contributed by atoms with van der Waals surface area (Å²) in [6.45, 7) is 0. The number of halogens is 1. The summed E-state index contributed by atoms with van der Waals surface area (Å²) >= 11 is 5.89. The highest BCUT2D eigenvalue weighted by atomic mass is 35.5. The van der Waals surface area contributed by atoms with E-state index in [0.29, 0.717) is 27.5 Å². The smallest absolute Gasteiger partial charge is 0.240 e. The summed E-state index contributed by atoms with van der Waals surface area (Å²) in [6, 6.07) is 22.6. The van der Waals surface area contributed by atoms with Gasteiger partial charge in [0.2, 0.25) is 19.9 Å². The molecule has 0 fully saturated rings. The van der Waals surface area contributed by atoms with E-state index < -0.39 is 24.8 Å². The molecule has 4 aromatic rings. The molecule has 11 heteroatoms. The lowest BCUT2D eigenvalue weighted by molar-refractivity contribution is 0.521. The molecule has 0 saturated heterocycles. The third-order valence-electron chi connectivity index (χ3n) is 5.46. The fraction of sp³-hybridized carbons (Fsp3) is 0.0769. The van der Waals surface area contributed by atoms with Crippen molar-refractivity contribution in [3.8, 4) is 23.0 Å². The van der Waals surface area contributed by atoms with Crippen LogP contribution in [0.1, 0.15) is 5.56 Å². The second-order valence-corrected chi connectivity index (χ2v) is 12.6. The lowest BCUT2D eigenvalue weighted by Crippen LogP contribution is -2.22. The number of allylic oxidation sites excluding steroid dienone is 1. The van der Waals surface area contributed by atoms with Crippen molar-refractivity contribution in [1.82, 2.24) is 14.1 Å². The van der Waals surface area contributed by atoms with Gasteiger partial charge in [-0.15, -0.1) is 0 Å². The van der Waals surface area contributed by atoms with Gasteiger partial charge in [0.15, 0.2) is 0 Å². The Morgan fingerprint density at radius 2 is 1.62 bits per heavy atom. The van der Waals surface area contributed by atoms with Crippen LogP contribution >= 0.6 is 11.6 Å². The highest BCUT2D eigenvalue weighted by Gasteiger charge is 2.23. The molecule has 0 saturated carbocycles. The third-order valence-corrected chi connectivity index (χ3v) is 9.20. The fourth-order valence-electron chi connectivity index (χ4n) is 3.50. The maximum Gasteiger partial charge on any atom is 0.242 e. The molecule has 0 atom stereocenters. The zero-order valence-electron chi connectivity index (χ0n) is 19.8. The highest BCUT2D eigenvalue weighted by molar-refractivity contribution is 7.95. The fourth-order valence-corrected chi connectivity index (χ4v) is 5.72. The average molecular weight is 553 g/mol. The Kier molecular flexibility index (Phi) is 7.34. The Bertz CT molecular complexity index is 1740. The van der Waals surface area contributed by atoms with Gasteiger partial charge in [-0.2, -0.15) is 10.4 Å². The lowest BCUT2D eigenvalue weighted by atomic mass is 10.1. The van der Waals surface area contributed by atoms with Crippen molar-refractivity contribution in [2.24, 2.45) is 0 Å². The number of hydrogen-bond acceptors (Lipinski definition) is 6. The topological polar surface area (TPSA) is 113 Å². The second-order valence-electron chi connectivity index (χ2n) is 8.11. The number of benzene rings is 3. The second kappa shape index (κ2) is 10.3. The first-order valence-electron chi connectivity index (χ1n) is 10.8. The molecule has 3 aromatic carbocycles. The molecule has 37 heavy (non-hydrogen) atoms. The molecule has 0 spiro atoms.